The van der Waals surface area contributed by atoms with Gasteiger partial charge in [-0.15, -0.1) is 0 Å². The Hall–Kier alpha value is -0.930. The fraction of sp³-hybridized carbons (Fsp3) is 0.684. The third-order valence-electron chi connectivity index (χ3n) is 5.50. The molecule has 1 aromatic rings. The highest BCUT2D eigenvalue weighted by molar-refractivity contribution is 6.31. The zero-order valence-electron chi connectivity index (χ0n) is 14.1. The van der Waals surface area contributed by atoms with Crippen LogP contribution in [0.4, 0.5) is 11.4 Å². The van der Waals surface area contributed by atoms with Gasteiger partial charge in [-0.25, -0.2) is 0 Å². The van der Waals surface area contributed by atoms with Crippen molar-refractivity contribution >= 4 is 23.0 Å². The smallest absolute Gasteiger partial charge is 0.0591 e. The standard InChI is InChI=1S/C19H30ClN3/c20-15-8-9-18(21)19(14-15)22-16-10-12-23(13-11-16)17-6-4-2-1-3-5-7-17/h8-9,14,16-17,22H,1-7,10-13,21H2. The summed E-state index contributed by atoms with van der Waals surface area (Å²) >= 11 is 6.08. The number of nitrogens with zero attached hydrogens (tertiary/aromatic N) is 1. The number of benzene rings is 1. The topological polar surface area (TPSA) is 41.3 Å². The van der Waals surface area contributed by atoms with Crippen LogP contribution in [0.25, 0.3) is 0 Å². The third kappa shape index (κ3) is 4.77. The van der Waals surface area contributed by atoms with Crippen LogP contribution >= 0.6 is 11.6 Å². The number of nitrogens with two attached hydrogens (primary N) is 1. The van der Waals surface area contributed by atoms with Gasteiger partial charge < -0.3 is 16.0 Å². The van der Waals surface area contributed by atoms with E-state index in [1.54, 1.807) is 0 Å². The fourth-order valence-electron chi connectivity index (χ4n) is 4.08. The molecule has 1 aliphatic carbocycles. The molecule has 3 N–H and O–H groups in total. The van der Waals surface area contributed by atoms with Crippen LogP contribution in [0, 0.1) is 0 Å². The average molecular weight is 336 g/mol. The van der Waals surface area contributed by atoms with Crippen molar-refractivity contribution in [1.29, 1.82) is 0 Å². The molecule has 4 heteroatoms. The summed E-state index contributed by atoms with van der Waals surface area (Å²) in [5, 5.41) is 4.34. The molecule has 0 aromatic heterocycles. The highest BCUT2D eigenvalue weighted by Gasteiger charge is 2.25. The molecule has 0 atom stereocenters. The maximum absolute atomic E-state index is 6.08. The number of hydrogen-bond acceptors (Lipinski definition) is 3. The van der Waals surface area contributed by atoms with E-state index in [9.17, 15) is 0 Å². The minimum absolute atomic E-state index is 0.514. The van der Waals surface area contributed by atoms with Crippen molar-refractivity contribution in [3.8, 4) is 0 Å². The second-order valence-corrected chi connectivity index (χ2v) is 7.62. The van der Waals surface area contributed by atoms with E-state index >= 15 is 0 Å². The summed E-state index contributed by atoms with van der Waals surface area (Å²) in [5.74, 6) is 0. The zero-order valence-corrected chi connectivity index (χ0v) is 14.8. The highest BCUT2D eigenvalue weighted by Crippen LogP contribution is 2.28. The maximum atomic E-state index is 6.08. The quantitative estimate of drug-likeness (QED) is 0.771. The molecule has 128 valence electrons. The molecule has 1 aliphatic heterocycles. The molecular formula is C19H30ClN3. The number of nitrogen functional groups attached to an aromatic ring is 1. The number of rotatable bonds is 3. The molecule has 3 rings (SSSR count). The second kappa shape index (κ2) is 8.25. The van der Waals surface area contributed by atoms with E-state index < -0.39 is 0 Å². The van der Waals surface area contributed by atoms with E-state index in [0.29, 0.717) is 6.04 Å². The molecule has 0 spiro atoms. The Morgan fingerprint density at radius 3 is 2.30 bits per heavy atom. The molecule has 1 aromatic carbocycles. The lowest BCUT2D eigenvalue weighted by Crippen LogP contribution is -2.44. The van der Waals surface area contributed by atoms with Crippen LogP contribution in [0.15, 0.2) is 18.2 Å². The highest BCUT2D eigenvalue weighted by atomic mass is 35.5. The summed E-state index contributed by atoms with van der Waals surface area (Å²) in [5.41, 5.74) is 7.83. The molecule has 0 radical (unpaired) electrons. The summed E-state index contributed by atoms with van der Waals surface area (Å²) in [7, 11) is 0. The van der Waals surface area contributed by atoms with E-state index in [4.69, 9.17) is 17.3 Å². The minimum atomic E-state index is 0.514. The lowest BCUT2D eigenvalue weighted by atomic mass is 9.93. The first-order valence-corrected chi connectivity index (χ1v) is 9.66. The first kappa shape index (κ1) is 16.9. The molecule has 1 saturated heterocycles. The van der Waals surface area contributed by atoms with Gasteiger partial charge in [0.25, 0.3) is 0 Å². The molecule has 0 bridgehead atoms. The molecule has 1 heterocycles. The summed E-state index contributed by atoms with van der Waals surface area (Å²) in [6, 6.07) is 7.01. The number of likely N-dealkylation sites (tertiary alicyclic amines) is 1. The van der Waals surface area contributed by atoms with Crippen LogP contribution < -0.4 is 11.1 Å². The summed E-state index contributed by atoms with van der Waals surface area (Å²) in [4.78, 5) is 2.74. The van der Waals surface area contributed by atoms with Gasteiger partial charge in [-0.05, 0) is 43.9 Å². The predicted molar refractivity (Wildman–Crippen MR) is 100 cm³/mol. The van der Waals surface area contributed by atoms with E-state index in [0.717, 1.165) is 22.4 Å². The van der Waals surface area contributed by atoms with Crippen molar-refractivity contribution in [2.45, 2.75) is 69.9 Å². The van der Waals surface area contributed by atoms with Crippen LogP contribution in [0.1, 0.15) is 57.8 Å². The molecule has 1 saturated carbocycles. The number of nitrogens with one attached hydrogen (secondary N) is 1. The number of halogens is 1. The number of piperidine rings is 1. The average Bonchev–Trinajstić information content (AvgIpc) is 2.52. The van der Waals surface area contributed by atoms with Crippen LogP contribution in [-0.4, -0.2) is 30.1 Å². The van der Waals surface area contributed by atoms with E-state index in [2.05, 4.69) is 10.2 Å². The Morgan fingerprint density at radius 2 is 1.61 bits per heavy atom. The molecule has 3 nitrogen and oxygen atoms in total. The molecule has 23 heavy (non-hydrogen) atoms. The summed E-state index contributed by atoms with van der Waals surface area (Å²) in [6.45, 7) is 2.42. The van der Waals surface area contributed by atoms with Crippen molar-refractivity contribution in [2.75, 3.05) is 24.1 Å². The number of anilines is 2. The van der Waals surface area contributed by atoms with Gasteiger partial charge in [-0.3, -0.25) is 0 Å². The largest absolute Gasteiger partial charge is 0.397 e. The Kier molecular flexibility index (Phi) is 6.07. The van der Waals surface area contributed by atoms with Crippen LogP contribution in [-0.2, 0) is 0 Å². The van der Waals surface area contributed by atoms with Gasteiger partial charge in [0.1, 0.15) is 0 Å². The monoisotopic (exact) mass is 335 g/mol. The van der Waals surface area contributed by atoms with Crippen molar-refractivity contribution in [2.24, 2.45) is 0 Å². The predicted octanol–water partition coefficient (Wildman–Crippen LogP) is 4.91. The molecule has 2 aliphatic rings. The van der Waals surface area contributed by atoms with Crippen LogP contribution in [0.5, 0.6) is 0 Å². The molecule has 2 fully saturated rings. The van der Waals surface area contributed by atoms with Gasteiger partial charge in [-0.2, -0.15) is 0 Å². The fourth-order valence-corrected chi connectivity index (χ4v) is 4.25. The Bertz CT molecular complexity index is 489. The Morgan fingerprint density at radius 1 is 0.957 bits per heavy atom. The SMILES string of the molecule is Nc1ccc(Cl)cc1NC1CCN(C2CCCCCCC2)CC1. The van der Waals surface area contributed by atoms with Gasteiger partial charge in [0.05, 0.1) is 11.4 Å². The molecular weight excluding hydrogens is 306 g/mol. The van der Waals surface area contributed by atoms with E-state index in [-0.39, 0.29) is 0 Å². The normalized spacial score (nSPS) is 22.5. The lowest BCUT2D eigenvalue weighted by Gasteiger charge is -2.39. The van der Waals surface area contributed by atoms with Crippen LogP contribution in [0.3, 0.4) is 0 Å². The molecule has 0 unspecified atom stereocenters. The van der Waals surface area contributed by atoms with E-state index in [1.807, 2.05) is 18.2 Å². The van der Waals surface area contributed by atoms with E-state index in [1.165, 1.54) is 70.9 Å². The zero-order chi connectivity index (χ0) is 16.1. The second-order valence-electron chi connectivity index (χ2n) is 7.19. The van der Waals surface area contributed by atoms with Gasteiger partial charge in [-0.1, -0.05) is 43.7 Å². The Labute approximate surface area is 145 Å². The maximum Gasteiger partial charge on any atom is 0.0591 e. The summed E-state index contributed by atoms with van der Waals surface area (Å²) < 4.78 is 0. The van der Waals surface area contributed by atoms with Gasteiger partial charge in [0.2, 0.25) is 0 Å². The van der Waals surface area contributed by atoms with Crippen molar-refractivity contribution in [3.63, 3.8) is 0 Å². The molecule has 0 amide bonds. The van der Waals surface area contributed by atoms with Gasteiger partial charge in [0.15, 0.2) is 0 Å². The lowest BCUT2D eigenvalue weighted by molar-refractivity contribution is 0.133. The third-order valence-corrected chi connectivity index (χ3v) is 5.73. The summed E-state index contributed by atoms with van der Waals surface area (Å²) in [6.07, 6.45) is 12.3. The van der Waals surface area contributed by atoms with Gasteiger partial charge >= 0.3 is 0 Å². The van der Waals surface area contributed by atoms with Crippen LogP contribution in [0.2, 0.25) is 5.02 Å². The number of hydrogen-bond donors (Lipinski definition) is 2. The van der Waals surface area contributed by atoms with Crippen molar-refractivity contribution in [3.05, 3.63) is 23.2 Å². The first-order chi connectivity index (χ1) is 11.2. The Balaban J connectivity index is 1.50. The first-order valence-electron chi connectivity index (χ1n) is 9.28. The van der Waals surface area contributed by atoms with Crippen molar-refractivity contribution in [1.82, 2.24) is 4.90 Å². The minimum Gasteiger partial charge on any atom is -0.397 e. The van der Waals surface area contributed by atoms with Gasteiger partial charge in [0, 0.05) is 30.2 Å². The van der Waals surface area contributed by atoms with Crippen molar-refractivity contribution < 1.29 is 0 Å².